The van der Waals surface area contributed by atoms with E-state index in [1.54, 1.807) is 6.08 Å². The van der Waals surface area contributed by atoms with Crippen molar-refractivity contribution in [3.63, 3.8) is 0 Å². The normalized spacial score (nSPS) is 10.6. The summed E-state index contributed by atoms with van der Waals surface area (Å²) in [6, 6.07) is 7.94. The zero-order chi connectivity index (χ0) is 11.8. The van der Waals surface area contributed by atoms with Gasteiger partial charge in [0.15, 0.2) is 0 Å². The highest BCUT2D eigenvalue weighted by Gasteiger charge is 1.96. The number of esters is 1. The fraction of sp³-hybridized carbons (Fsp3) is 0.308. The third-order valence-corrected chi connectivity index (χ3v) is 2.67. The van der Waals surface area contributed by atoms with E-state index >= 15 is 0 Å². The van der Waals surface area contributed by atoms with Crippen molar-refractivity contribution in [2.24, 2.45) is 0 Å². The number of benzene rings is 1. The quantitative estimate of drug-likeness (QED) is 0.357. The number of carbonyl (C=O) groups is 1. The van der Waals surface area contributed by atoms with E-state index in [1.807, 2.05) is 24.3 Å². The van der Waals surface area contributed by atoms with Crippen LogP contribution in [0.3, 0.4) is 0 Å². The largest absolute Gasteiger partial charge is 0.463 e. The standard InChI is InChI=1S/C13H15IO2/c1-2-3-9-16-13(15)8-7-11-5-4-6-12(14)10-11/h4-8,10H,2-3,9H2,1H3/b8-7+. The molecule has 0 aliphatic heterocycles. The molecule has 1 aromatic carbocycles. The summed E-state index contributed by atoms with van der Waals surface area (Å²) in [6.07, 6.45) is 5.20. The van der Waals surface area contributed by atoms with Gasteiger partial charge in [-0.15, -0.1) is 0 Å². The maximum atomic E-state index is 11.3. The molecule has 0 bridgehead atoms. The van der Waals surface area contributed by atoms with Gasteiger partial charge in [-0.1, -0.05) is 25.5 Å². The summed E-state index contributed by atoms with van der Waals surface area (Å²) in [5.41, 5.74) is 1.01. The minimum absolute atomic E-state index is 0.271. The third-order valence-electron chi connectivity index (χ3n) is 2.00. The van der Waals surface area contributed by atoms with Crippen LogP contribution in [0.15, 0.2) is 30.3 Å². The molecule has 0 atom stereocenters. The Morgan fingerprint density at radius 2 is 2.31 bits per heavy atom. The van der Waals surface area contributed by atoms with Crippen LogP contribution in [0.25, 0.3) is 6.08 Å². The monoisotopic (exact) mass is 330 g/mol. The Labute approximate surface area is 110 Å². The molecule has 86 valence electrons. The molecule has 0 heterocycles. The highest BCUT2D eigenvalue weighted by Crippen LogP contribution is 2.09. The number of hydrogen-bond acceptors (Lipinski definition) is 2. The first-order chi connectivity index (χ1) is 7.72. The van der Waals surface area contributed by atoms with E-state index < -0.39 is 0 Å². The molecule has 0 saturated carbocycles. The number of unbranched alkanes of at least 4 members (excludes halogenated alkanes) is 1. The molecule has 0 aromatic heterocycles. The van der Waals surface area contributed by atoms with Crippen LogP contribution in [0.4, 0.5) is 0 Å². The molecule has 0 aliphatic carbocycles. The minimum atomic E-state index is -0.271. The van der Waals surface area contributed by atoms with Crippen LogP contribution in [-0.2, 0) is 9.53 Å². The molecule has 0 unspecified atom stereocenters. The molecule has 0 spiro atoms. The van der Waals surface area contributed by atoms with Gasteiger partial charge >= 0.3 is 5.97 Å². The molecule has 0 aliphatic rings. The van der Waals surface area contributed by atoms with Crippen LogP contribution in [-0.4, -0.2) is 12.6 Å². The predicted molar refractivity (Wildman–Crippen MR) is 74.1 cm³/mol. The summed E-state index contributed by atoms with van der Waals surface area (Å²) in [5.74, 6) is -0.271. The van der Waals surface area contributed by atoms with E-state index in [9.17, 15) is 4.79 Å². The van der Waals surface area contributed by atoms with E-state index in [2.05, 4.69) is 29.5 Å². The molecular weight excluding hydrogens is 315 g/mol. The third kappa shape index (κ3) is 5.30. The summed E-state index contributed by atoms with van der Waals surface area (Å²) >= 11 is 2.24. The van der Waals surface area contributed by atoms with Gasteiger partial charge in [0.25, 0.3) is 0 Å². The Morgan fingerprint density at radius 1 is 1.50 bits per heavy atom. The Hall–Kier alpha value is -0.840. The lowest BCUT2D eigenvalue weighted by Crippen LogP contribution is -2.01. The Morgan fingerprint density at radius 3 is 3.00 bits per heavy atom. The van der Waals surface area contributed by atoms with Gasteiger partial charge in [0.2, 0.25) is 0 Å². The minimum Gasteiger partial charge on any atom is -0.463 e. The maximum absolute atomic E-state index is 11.3. The Balaban J connectivity index is 2.44. The molecule has 0 saturated heterocycles. The second-order valence-corrected chi connectivity index (χ2v) is 4.66. The van der Waals surface area contributed by atoms with Gasteiger partial charge in [-0.2, -0.15) is 0 Å². The molecule has 3 heteroatoms. The first-order valence-electron chi connectivity index (χ1n) is 5.33. The molecule has 0 amide bonds. The summed E-state index contributed by atoms with van der Waals surface area (Å²) in [4.78, 5) is 11.3. The smallest absolute Gasteiger partial charge is 0.330 e. The number of halogens is 1. The maximum Gasteiger partial charge on any atom is 0.330 e. The summed E-state index contributed by atoms with van der Waals surface area (Å²) in [5, 5.41) is 0. The zero-order valence-electron chi connectivity index (χ0n) is 9.28. The van der Waals surface area contributed by atoms with Crippen LogP contribution >= 0.6 is 22.6 Å². The Kier molecular flexibility index (Phi) is 6.15. The van der Waals surface area contributed by atoms with Gasteiger partial charge in [0.05, 0.1) is 6.61 Å². The van der Waals surface area contributed by atoms with Gasteiger partial charge in [-0.05, 0) is 52.8 Å². The topological polar surface area (TPSA) is 26.3 Å². The van der Waals surface area contributed by atoms with Crippen molar-refractivity contribution in [3.8, 4) is 0 Å². The van der Waals surface area contributed by atoms with Gasteiger partial charge in [-0.3, -0.25) is 0 Å². The van der Waals surface area contributed by atoms with Crippen molar-refractivity contribution in [2.45, 2.75) is 19.8 Å². The molecule has 1 aromatic rings. The summed E-state index contributed by atoms with van der Waals surface area (Å²) in [6.45, 7) is 2.57. The highest BCUT2D eigenvalue weighted by molar-refractivity contribution is 14.1. The number of carbonyl (C=O) groups excluding carboxylic acids is 1. The van der Waals surface area contributed by atoms with E-state index in [0.29, 0.717) is 6.61 Å². The highest BCUT2D eigenvalue weighted by atomic mass is 127. The first-order valence-corrected chi connectivity index (χ1v) is 6.40. The van der Waals surface area contributed by atoms with Crippen molar-refractivity contribution in [2.75, 3.05) is 6.61 Å². The fourth-order valence-electron chi connectivity index (χ4n) is 1.14. The molecule has 0 fully saturated rings. The molecule has 0 radical (unpaired) electrons. The summed E-state index contributed by atoms with van der Waals surface area (Å²) < 4.78 is 6.16. The first kappa shape index (κ1) is 13.2. The second-order valence-electron chi connectivity index (χ2n) is 3.41. The van der Waals surface area contributed by atoms with Crippen molar-refractivity contribution < 1.29 is 9.53 Å². The zero-order valence-corrected chi connectivity index (χ0v) is 11.4. The van der Waals surface area contributed by atoms with Crippen molar-refractivity contribution in [1.82, 2.24) is 0 Å². The fourth-order valence-corrected chi connectivity index (χ4v) is 1.71. The summed E-state index contributed by atoms with van der Waals surface area (Å²) in [7, 11) is 0. The van der Waals surface area contributed by atoms with Crippen LogP contribution in [0, 0.1) is 3.57 Å². The lowest BCUT2D eigenvalue weighted by molar-refractivity contribution is -0.137. The number of hydrogen-bond donors (Lipinski definition) is 0. The molecule has 16 heavy (non-hydrogen) atoms. The predicted octanol–water partition coefficient (Wildman–Crippen LogP) is 3.65. The van der Waals surface area contributed by atoms with Crippen LogP contribution in [0.5, 0.6) is 0 Å². The van der Waals surface area contributed by atoms with Crippen molar-refractivity contribution in [3.05, 3.63) is 39.5 Å². The molecule has 1 rings (SSSR count). The number of ether oxygens (including phenoxy) is 1. The van der Waals surface area contributed by atoms with Gasteiger partial charge in [0.1, 0.15) is 0 Å². The van der Waals surface area contributed by atoms with Gasteiger partial charge < -0.3 is 4.74 Å². The van der Waals surface area contributed by atoms with Gasteiger partial charge in [0, 0.05) is 9.65 Å². The number of rotatable bonds is 5. The SMILES string of the molecule is CCCCOC(=O)/C=C/c1cccc(I)c1. The van der Waals surface area contributed by atoms with Crippen LogP contribution < -0.4 is 0 Å². The van der Waals surface area contributed by atoms with Gasteiger partial charge in [-0.25, -0.2) is 4.79 Å². The van der Waals surface area contributed by atoms with Crippen molar-refractivity contribution in [1.29, 1.82) is 0 Å². The van der Waals surface area contributed by atoms with Crippen LogP contribution in [0.2, 0.25) is 0 Å². The Bertz CT molecular complexity index is 372. The molecule has 2 nitrogen and oxygen atoms in total. The van der Waals surface area contributed by atoms with E-state index in [0.717, 1.165) is 22.0 Å². The average molecular weight is 330 g/mol. The van der Waals surface area contributed by atoms with E-state index in [4.69, 9.17) is 4.74 Å². The van der Waals surface area contributed by atoms with E-state index in [-0.39, 0.29) is 5.97 Å². The average Bonchev–Trinajstić information content (AvgIpc) is 2.27. The molecular formula is C13H15IO2. The van der Waals surface area contributed by atoms with Crippen LogP contribution in [0.1, 0.15) is 25.3 Å². The lowest BCUT2D eigenvalue weighted by Gasteiger charge is -1.99. The van der Waals surface area contributed by atoms with Crippen molar-refractivity contribution >= 4 is 34.6 Å². The van der Waals surface area contributed by atoms with E-state index in [1.165, 1.54) is 6.08 Å². The lowest BCUT2D eigenvalue weighted by atomic mass is 10.2. The molecule has 0 N–H and O–H groups in total. The second kappa shape index (κ2) is 7.44.